The van der Waals surface area contributed by atoms with Crippen molar-refractivity contribution in [2.45, 2.75) is 31.7 Å². The van der Waals surface area contributed by atoms with Crippen molar-refractivity contribution >= 4 is 0 Å². The zero-order valence-corrected chi connectivity index (χ0v) is 7.98. The van der Waals surface area contributed by atoms with Gasteiger partial charge in [-0.05, 0) is 33.5 Å². The topological polar surface area (TPSA) is 15.3 Å². The van der Waals surface area contributed by atoms with Crippen LogP contribution in [0.25, 0.3) is 0 Å². The van der Waals surface area contributed by atoms with Crippen molar-refractivity contribution in [2.75, 3.05) is 27.2 Å². The summed E-state index contributed by atoms with van der Waals surface area (Å²) in [5.74, 6) is 0. The second kappa shape index (κ2) is 3.55. The highest BCUT2D eigenvalue weighted by molar-refractivity contribution is 4.94. The summed E-state index contributed by atoms with van der Waals surface area (Å²) in [7, 11) is 4.39. The highest BCUT2D eigenvalue weighted by atomic mass is 15.2. The lowest BCUT2D eigenvalue weighted by molar-refractivity contribution is 0.159. The molecule has 2 nitrogen and oxygen atoms in total. The molecule has 0 aromatic rings. The van der Waals surface area contributed by atoms with Gasteiger partial charge in [-0.1, -0.05) is 13.3 Å². The van der Waals surface area contributed by atoms with E-state index in [1.54, 1.807) is 0 Å². The summed E-state index contributed by atoms with van der Waals surface area (Å²) >= 11 is 0. The molecule has 66 valence electrons. The molecule has 0 aromatic carbocycles. The Labute approximate surface area is 70.0 Å². The van der Waals surface area contributed by atoms with E-state index >= 15 is 0 Å². The van der Waals surface area contributed by atoms with Crippen molar-refractivity contribution in [1.29, 1.82) is 0 Å². The van der Waals surface area contributed by atoms with Crippen LogP contribution in [0.2, 0.25) is 0 Å². The molecule has 0 aromatic heterocycles. The van der Waals surface area contributed by atoms with E-state index in [1.807, 2.05) is 0 Å². The Morgan fingerprint density at radius 2 is 2.18 bits per heavy atom. The third kappa shape index (κ3) is 1.74. The van der Waals surface area contributed by atoms with Gasteiger partial charge in [0.25, 0.3) is 0 Å². The molecule has 11 heavy (non-hydrogen) atoms. The lowest BCUT2D eigenvalue weighted by Crippen LogP contribution is -2.45. The zero-order chi connectivity index (χ0) is 8.32. The molecule has 0 bridgehead atoms. The fourth-order valence-corrected chi connectivity index (χ4v) is 2.01. The van der Waals surface area contributed by atoms with Crippen LogP contribution in [0.4, 0.5) is 0 Å². The van der Waals surface area contributed by atoms with Gasteiger partial charge in [0.1, 0.15) is 0 Å². The average Bonchev–Trinajstić information content (AvgIpc) is 2.38. The van der Waals surface area contributed by atoms with E-state index < -0.39 is 0 Å². The van der Waals surface area contributed by atoms with Gasteiger partial charge in [0, 0.05) is 12.1 Å². The molecule has 0 aliphatic carbocycles. The Morgan fingerprint density at radius 1 is 1.45 bits per heavy atom. The van der Waals surface area contributed by atoms with Crippen molar-refractivity contribution in [2.24, 2.45) is 0 Å². The van der Waals surface area contributed by atoms with Crippen LogP contribution in [0.3, 0.4) is 0 Å². The van der Waals surface area contributed by atoms with Crippen LogP contribution in [0, 0.1) is 0 Å². The fraction of sp³-hybridized carbons (Fsp3) is 1.00. The first-order valence-corrected chi connectivity index (χ1v) is 4.59. The maximum Gasteiger partial charge on any atom is 0.0339 e. The number of nitrogens with one attached hydrogen (secondary N) is 1. The molecule has 1 unspecified atom stereocenters. The quantitative estimate of drug-likeness (QED) is 0.658. The van der Waals surface area contributed by atoms with Gasteiger partial charge in [0.05, 0.1) is 0 Å². The first-order valence-electron chi connectivity index (χ1n) is 4.59. The van der Waals surface area contributed by atoms with Crippen LogP contribution >= 0.6 is 0 Å². The van der Waals surface area contributed by atoms with E-state index in [4.69, 9.17) is 0 Å². The molecular weight excluding hydrogens is 136 g/mol. The minimum absolute atomic E-state index is 0.467. The van der Waals surface area contributed by atoms with Gasteiger partial charge < -0.3 is 10.2 Å². The summed E-state index contributed by atoms with van der Waals surface area (Å²) in [5.41, 5.74) is 0.467. The van der Waals surface area contributed by atoms with Crippen LogP contribution in [0.5, 0.6) is 0 Å². The van der Waals surface area contributed by atoms with Crippen molar-refractivity contribution in [3.05, 3.63) is 0 Å². The molecule has 1 atom stereocenters. The fourth-order valence-electron chi connectivity index (χ4n) is 2.01. The minimum Gasteiger partial charge on any atom is -0.315 e. The van der Waals surface area contributed by atoms with Crippen LogP contribution in [0.15, 0.2) is 0 Å². The number of likely N-dealkylation sites (N-methyl/N-ethyl adjacent to an activating group) is 1. The van der Waals surface area contributed by atoms with E-state index in [0.29, 0.717) is 5.54 Å². The van der Waals surface area contributed by atoms with Crippen molar-refractivity contribution in [3.63, 3.8) is 0 Å². The van der Waals surface area contributed by atoms with E-state index in [9.17, 15) is 0 Å². The molecule has 0 saturated carbocycles. The molecule has 1 saturated heterocycles. The Bertz CT molecular complexity index is 115. The SMILES string of the molecule is CCCC1(N(C)C)CCNC1. The summed E-state index contributed by atoms with van der Waals surface area (Å²) in [6.45, 7) is 4.63. The smallest absolute Gasteiger partial charge is 0.0339 e. The molecule has 2 heteroatoms. The summed E-state index contributed by atoms with van der Waals surface area (Å²) < 4.78 is 0. The van der Waals surface area contributed by atoms with E-state index in [2.05, 4.69) is 31.2 Å². The zero-order valence-electron chi connectivity index (χ0n) is 7.98. The van der Waals surface area contributed by atoms with Gasteiger partial charge in [0.2, 0.25) is 0 Å². The highest BCUT2D eigenvalue weighted by Gasteiger charge is 2.34. The average molecular weight is 156 g/mol. The van der Waals surface area contributed by atoms with E-state index in [1.165, 1.54) is 32.4 Å². The largest absolute Gasteiger partial charge is 0.315 e. The number of rotatable bonds is 3. The van der Waals surface area contributed by atoms with Crippen LogP contribution in [-0.2, 0) is 0 Å². The Hall–Kier alpha value is -0.0800. The first-order chi connectivity index (χ1) is 5.21. The number of hydrogen-bond donors (Lipinski definition) is 1. The van der Waals surface area contributed by atoms with E-state index in [0.717, 1.165) is 0 Å². The molecule has 1 aliphatic rings. The second-order valence-electron chi connectivity index (χ2n) is 3.80. The standard InChI is InChI=1S/C9H20N2/c1-4-5-9(11(2)3)6-7-10-8-9/h10H,4-8H2,1-3H3. The van der Waals surface area contributed by atoms with Gasteiger partial charge in [-0.25, -0.2) is 0 Å². The molecule has 1 N–H and O–H groups in total. The third-order valence-electron chi connectivity index (χ3n) is 2.89. The van der Waals surface area contributed by atoms with Crippen molar-refractivity contribution in [1.82, 2.24) is 10.2 Å². The predicted molar refractivity (Wildman–Crippen MR) is 48.8 cm³/mol. The predicted octanol–water partition coefficient (Wildman–Crippen LogP) is 1.08. The second-order valence-corrected chi connectivity index (χ2v) is 3.80. The van der Waals surface area contributed by atoms with Crippen molar-refractivity contribution in [3.8, 4) is 0 Å². The summed E-state index contributed by atoms with van der Waals surface area (Å²) in [6.07, 6.45) is 3.93. The monoisotopic (exact) mass is 156 g/mol. The van der Waals surface area contributed by atoms with Gasteiger partial charge in [-0.3, -0.25) is 0 Å². The maximum absolute atomic E-state index is 3.44. The summed E-state index contributed by atoms with van der Waals surface area (Å²) in [4.78, 5) is 2.39. The van der Waals surface area contributed by atoms with Crippen LogP contribution < -0.4 is 5.32 Å². The Kier molecular flexibility index (Phi) is 2.90. The van der Waals surface area contributed by atoms with Gasteiger partial charge in [0.15, 0.2) is 0 Å². The molecule has 1 rings (SSSR count). The van der Waals surface area contributed by atoms with E-state index in [-0.39, 0.29) is 0 Å². The maximum atomic E-state index is 3.44. The highest BCUT2D eigenvalue weighted by Crippen LogP contribution is 2.25. The number of hydrogen-bond acceptors (Lipinski definition) is 2. The molecule has 1 heterocycles. The molecule has 1 aliphatic heterocycles. The summed E-state index contributed by atoms with van der Waals surface area (Å²) in [5, 5.41) is 3.44. The molecule has 0 spiro atoms. The Morgan fingerprint density at radius 3 is 2.55 bits per heavy atom. The Balaban J connectivity index is 2.55. The van der Waals surface area contributed by atoms with Gasteiger partial charge >= 0.3 is 0 Å². The van der Waals surface area contributed by atoms with Gasteiger partial charge in [-0.15, -0.1) is 0 Å². The normalized spacial score (nSPS) is 31.6. The minimum atomic E-state index is 0.467. The molecule has 0 amide bonds. The lowest BCUT2D eigenvalue weighted by atomic mass is 9.91. The molecule has 0 radical (unpaired) electrons. The van der Waals surface area contributed by atoms with Crippen molar-refractivity contribution < 1.29 is 0 Å². The van der Waals surface area contributed by atoms with Crippen LogP contribution in [0.1, 0.15) is 26.2 Å². The number of nitrogens with zero attached hydrogens (tertiary/aromatic N) is 1. The summed E-state index contributed by atoms with van der Waals surface area (Å²) in [6, 6.07) is 0. The van der Waals surface area contributed by atoms with Crippen LogP contribution in [-0.4, -0.2) is 37.6 Å². The van der Waals surface area contributed by atoms with Gasteiger partial charge in [-0.2, -0.15) is 0 Å². The molecule has 1 fully saturated rings. The third-order valence-corrected chi connectivity index (χ3v) is 2.89. The lowest BCUT2D eigenvalue weighted by Gasteiger charge is -2.35. The molecular formula is C9H20N2. The first kappa shape index (κ1) is 9.01.